The predicted octanol–water partition coefficient (Wildman–Crippen LogP) is 1.29. The van der Waals surface area contributed by atoms with Crippen LogP contribution in [-0.2, 0) is 7.05 Å². The summed E-state index contributed by atoms with van der Waals surface area (Å²) in [4.78, 5) is 21.0. The number of aromatic nitrogens is 4. The fourth-order valence-electron chi connectivity index (χ4n) is 2.78. The van der Waals surface area contributed by atoms with Crippen molar-refractivity contribution in [2.75, 3.05) is 18.0 Å². The van der Waals surface area contributed by atoms with E-state index in [4.69, 9.17) is 5.11 Å². The van der Waals surface area contributed by atoms with Gasteiger partial charge in [-0.2, -0.15) is 5.10 Å². The van der Waals surface area contributed by atoms with Crippen molar-refractivity contribution in [2.24, 2.45) is 7.05 Å². The number of aryl methyl sites for hydroxylation is 1. The van der Waals surface area contributed by atoms with Crippen LogP contribution in [0, 0.1) is 0 Å². The minimum absolute atomic E-state index is 0.0245. The Morgan fingerprint density at radius 3 is 2.57 bits per heavy atom. The van der Waals surface area contributed by atoms with Crippen molar-refractivity contribution in [1.82, 2.24) is 19.7 Å². The van der Waals surface area contributed by atoms with Crippen LogP contribution in [-0.4, -0.2) is 43.9 Å². The highest BCUT2D eigenvalue weighted by Crippen LogP contribution is 2.29. The first-order valence-electron chi connectivity index (χ1n) is 6.93. The van der Waals surface area contributed by atoms with Crippen LogP contribution in [0.5, 0.6) is 0 Å². The van der Waals surface area contributed by atoms with Crippen LogP contribution >= 0.6 is 0 Å². The third-order valence-corrected chi connectivity index (χ3v) is 3.95. The minimum Gasteiger partial charge on any atom is -0.476 e. The zero-order chi connectivity index (χ0) is 14.8. The number of hydrogen-bond acceptors (Lipinski definition) is 5. The van der Waals surface area contributed by atoms with Crippen LogP contribution in [0.15, 0.2) is 24.7 Å². The maximum absolute atomic E-state index is 10.8. The van der Waals surface area contributed by atoms with Crippen LogP contribution in [0.3, 0.4) is 0 Å². The zero-order valence-corrected chi connectivity index (χ0v) is 11.8. The molecule has 0 unspecified atom stereocenters. The lowest BCUT2D eigenvalue weighted by Crippen LogP contribution is -2.34. The fourth-order valence-corrected chi connectivity index (χ4v) is 2.78. The molecule has 0 amide bonds. The van der Waals surface area contributed by atoms with Gasteiger partial charge in [-0.25, -0.2) is 14.8 Å². The Morgan fingerprint density at radius 2 is 2.05 bits per heavy atom. The van der Waals surface area contributed by atoms with E-state index < -0.39 is 5.97 Å². The second kappa shape index (κ2) is 5.51. The van der Waals surface area contributed by atoms with Crippen molar-refractivity contribution in [3.05, 3.63) is 36.0 Å². The van der Waals surface area contributed by atoms with Crippen molar-refractivity contribution < 1.29 is 9.90 Å². The Bertz CT molecular complexity index is 629. The molecule has 0 bridgehead atoms. The van der Waals surface area contributed by atoms with E-state index >= 15 is 0 Å². The molecule has 1 fully saturated rings. The molecule has 1 saturated heterocycles. The SMILES string of the molecule is Cn1nccc1C1CCN(c2cnc(C(=O)O)cn2)CC1. The maximum Gasteiger partial charge on any atom is 0.356 e. The molecule has 1 N–H and O–H groups in total. The van der Waals surface area contributed by atoms with E-state index in [0.717, 1.165) is 31.7 Å². The molecular formula is C14H17N5O2. The molecule has 2 aromatic heterocycles. The summed E-state index contributed by atoms with van der Waals surface area (Å²) in [5.74, 6) is 0.201. The first-order chi connectivity index (χ1) is 10.1. The Morgan fingerprint density at radius 1 is 1.29 bits per heavy atom. The van der Waals surface area contributed by atoms with Crippen molar-refractivity contribution in [3.8, 4) is 0 Å². The quantitative estimate of drug-likeness (QED) is 0.915. The van der Waals surface area contributed by atoms with Gasteiger partial charge in [-0.3, -0.25) is 4.68 Å². The van der Waals surface area contributed by atoms with Gasteiger partial charge in [0.2, 0.25) is 0 Å². The number of anilines is 1. The summed E-state index contributed by atoms with van der Waals surface area (Å²) in [5, 5.41) is 13.0. The molecular weight excluding hydrogens is 270 g/mol. The topological polar surface area (TPSA) is 84.1 Å². The van der Waals surface area contributed by atoms with Crippen LogP contribution in [0.2, 0.25) is 0 Å². The zero-order valence-electron chi connectivity index (χ0n) is 11.8. The van der Waals surface area contributed by atoms with Crippen LogP contribution in [0.1, 0.15) is 34.9 Å². The summed E-state index contributed by atoms with van der Waals surface area (Å²) < 4.78 is 1.93. The third kappa shape index (κ3) is 2.72. The molecule has 0 aromatic carbocycles. The Labute approximate surface area is 122 Å². The summed E-state index contributed by atoms with van der Waals surface area (Å²) in [5.41, 5.74) is 1.24. The monoisotopic (exact) mass is 287 g/mol. The number of carboxylic acids is 1. The minimum atomic E-state index is -1.05. The van der Waals surface area contributed by atoms with Gasteiger partial charge in [-0.05, 0) is 18.9 Å². The average Bonchev–Trinajstić information content (AvgIpc) is 2.94. The normalized spacial score (nSPS) is 16.1. The number of nitrogens with zero attached hydrogens (tertiary/aromatic N) is 5. The number of aromatic carboxylic acids is 1. The highest BCUT2D eigenvalue weighted by atomic mass is 16.4. The first-order valence-corrected chi connectivity index (χ1v) is 6.93. The summed E-state index contributed by atoms with van der Waals surface area (Å²) in [6.45, 7) is 1.77. The van der Waals surface area contributed by atoms with Gasteiger partial charge in [0.15, 0.2) is 5.69 Å². The lowest BCUT2D eigenvalue weighted by Gasteiger charge is -2.32. The van der Waals surface area contributed by atoms with Crippen LogP contribution in [0.4, 0.5) is 5.82 Å². The summed E-state index contributed by atoms with van der Waals surface area (Å²) in [6.07, 6.45) is 6.74. The molecule has 110 valence electrons. The molecule has 3 rings (SSSR count). The standard InChI is InChI=1S/C14H17N5O2/c1-18-12(2-5-17-18)10-3-6-19(7-4-10)13-9-15-11(8-16-13)14(20)21/h2,5,8-10H,3-4,6-7H2,1H3,(H,20,21). The van der Waals surface area contributed by atoms with E-state index in [0.29, 0.717) is 5.92 Å². The van der Waals surface area contributed by atoms with E-state index in [1.807, 2.05) is 17.9 Å². The van der Waals surface area contributed by atoms with Gasteiger partial charge < -0.3 is 10.0 Å². The molecule has 0 atom stereocenters. The predicted molar refractivity (Wildman–Crippen MR) is 76.4 cm³/mol. The molecule has 1 aliphatic rings. The molecule has 1 aliphatic heterocycles. The lowest BCUT2D eigenvalue weighted by molar-refractivity contribution is 0.0690. The van der Waals surface area contributed by atoms with Gasteiger partial charge >= 0.3 is 5.97 Å². The number of rotatable bonds is 3. The lowest BCUT2D eigenvalue weighted by atomic mass is 9.93. The van der Waals surface area contributed by atoms with Crippen LogP contribution in [0.25, 0.3) is 0 Å². The summed E-state index contributed by atoms with van der Waals surface area (Å²) in [6, 6.07) is 2.07. The molecule has 7 nitrogen and oxygen atoms in total. The van der Waals surface area contributed by atoms with Gasteiger partial charge in [0.25, 0.3) is 0 Å². The van der Waals surface area contributed by atoms with Crippen molar-refractivity contribution >= 4 is 11.8 Å². The molecule has 0 aliphatic carbocycles. The van der Waals surface area contributed by atoms with Gasteiger partial charge in [-0.15, -0.1) is 0 Å². The second-order valence-corrected chi connectivity index (χ2v) is 5.21. The maximum atomic E-state index is 10.8. The number of hydrogen-bond donors (Lipinski definition) is 1. The largest absolute Gasteiger partial charge is 0.476 e. The smallest absolute Gasteiger partial charge is 0.356 e. The van der Waals surface area contributed by atoms with Crippen LogP contribution < -0.4 is 4.90 Å². The van der Waals surface area contributed by atoms with Gasteiger partial charge in [0.05, 0.1) is 12.4 Å². The molecule has 0 saturated carbocycles. The van der Waals surface area contributed by atoms with Crippen molar-refractivity contribution in [3.63, 3.8) is 0 Å². The van der Waals surface area contributed by atoms with E-state index in [1.165, 1.54) is 18.1 Å². The number of carboxylic acid groups (broad SMARTS) is 1. The Hall–Kier alpha value is -2.44. The molecule has 2 aromatic rings. The van der Waals surface area contributed by atoms with E-state index in [2.05, 4.69) is 26.0 Å². The second-order valence-electron chi connectivity index (χ2n) is 5.21. The Balaban J connectivity index is 1.65. The van der Waals surface area contributed by atoms with E-state index in [1.54, 1.807) is 0 Å². The Kier molecular flexibility index (Phi) is 3.55. The number of carbonyl (C=O) groups is 1. The van der Waals surface area contributed by atoms with E-state index in [9.17, 15) is 4.79 Å². The molecule has 7 heteroatoms. The average molecular weight is 287 g/mol. The molecule has 0 radical (unpaired) electrons. The van der Waals surface area contributed by atoms with E-state index in [-0.39, 0.29) is 5.69 Å². The van der Waals surface area contributed by atoms with Crippen molar-refractivity contribution in [2.45, 2.75) is 18.8 Å². The summed E-state index contributed by atoms with van der Waals surface area (Å²) in [7, 11) is 1.97. The van der Waals surface area contributed by atoms with Crippen molar-refractivity contribution in [1.29, 1.82) is 0 Å². The molecule has 0 spiro atoms. The summed E-state index contributed by atoms with van der Waals surface area (Å²) >= 11 is 0. The fraction of sp³-hybridized carbons (Fsp3) is 0.429. The highest BCUT2D eigenvalue weighted by molar-refractivity contribution is 5.84. The highest BCUT2D eigenvalue weighted by Gasteiger charge is 2.23. The number of piperidine rings is 1. The van der Waals surface area contributed by atoms with Gasteiger partial charge in [0.1, 0.15) is 5.82 Å². The van der Waals surface area contributed by atoms with Gasteiger partial charge in [-0.1, -0.05) is 0 Å². The molecule has 3 heterocycles. The molecule has 21 heavy (non-hydrogen) atoms. The van der Waals surface area contributed by atoms with Gasteiger partial charge in [0, 0.05) is 37.9 Å². The third-order valence-electron chi connectivity index (χ3n) is 3.95. The first kappa shape index (κ1) is 13.5.